The van der Waals surface area contributed by atoms with Gasteiger partial charge in [-0.1, -0.05) is 0 Å². The van der Waals surface area contributed by atoms with Gasteiger partial charge < -0.3 is 15.2 Å². The van der Waals surface area contributed by atoms with Gasteiger partial charge in [-0.05, 0) is 20.3 Å². The van der Waals surface area contributed by atoms with Gasteiger partial charge in [-0.2, -0.15) is 13.2 Å². The molecule has 0 aliphatic heterocycles. The van der Waals surface area contributed by atoms with E-state index in [9.17, 15) is 27.6 Å². The van der Waals surface area contributed by atoms with Gasteiger partial charge in [0.25, 0.3) is 0 Å². The van der Waals surface area contributed by atoms with Crippen molar-refractivity contribution in [3.8, 4) is 0 Å². The molecule has 9 heteroatoms. The van der Waals surface area contributed by atoms with Crippen molar-refractivity contribution >= 4 is 17.8 Å². The van der Waals surface area contributed by atoms with Crippen LogP contribution in [0.15, 0.2) is 0 Å². The summed E-state index contributed by atoms with van der Waals surface area (Å²) in [6.07, 6.45) is -6.80. The van der Waals surface area contributed by atoms with E-state index in [2.05, 4.69) is 4.74 Å². The molecule has 0 aromatic heterocycles. The Bertz CT molecular complexity index is 354. The fraction of sp³-hybridized carbons (Fsp3) is 0.700. The van der Waals surface area contributed by atoms with Crippen LogP contribution in [0.3, 0.4) is 0 Å². The maximum absolute atomic E-state index is 12.1. The number of amides is 1. The lowest BCUT2D eigenvalue weighted by Crippen LogP contribution is -2.48. The standard InChI is InChI=1S/C10H14F3NO5/c1-5(2)19-8(17)6(3-4-7(15)16)14-9(18)10(11,12)13/h5-6H,3-4H2,1-2H3,(H,14,18)(H,15,16)/t6-/m0/s1. The van der Waals surface area contributed by atoms with E-state index in [0.717, 1.165) is 0 Å². The summed E-state index contributed by atoms with van der Waals surface area (Å²) in [5, 5.41) is 9.85. The third-order valence-corrected chi connectivity index (χ3v) is 1.85. The minimum atomic E-state index is -5.15. The van der Waals surface area contributed by atoms with Crippen molar-refractivity contribution in [2.24, 2.45) is 0 Å². The highest BCUT2D eigenvalue weighted by molar-refractivity contribution is 5.87. The first kappa shape index (κ1) is 17.2. The van der Waals surface area contributed by atoms with Gasteiger partial charge in [0.05, 0.1) is 6.10 Å². The molecule has 0 aliphatic rings. The first-order valence-electron chi connectivity index (χ1n) is 5.34. The van der Waals surface area contributed by atoms with Crippen LogP contribution in [-0.2, 0) is 19.1 Å². The number of halogens is 3. The quantitative estimate of drug-likeness (QED) is 0.706. The van der Waals surface area contributed by atoms with Crippen molar-refractivity contribution in [2.45, 2.75) is 45.0 Å². The molecule has 0 saturated carbocycles. The number of ether oxygens (including phenoxy) is 1. The molecule has 0 unspecified atom stereocenters. The topological polar surface area (TPSA) is 92.7 Å². The van der Waals surface area contributed by atoms with Crippen LogP contribution < -0.4 is 5.32 Å². The maximum Gasteiger partial charge on any atom is 0.471 e. The molecule has 0 aromatic carbocycles. The fourth-order valence-corrected chi connectivity index (χ4v) is 1.07. The number of carbonyl (C=O) groups excluding carboxylic acids is 2. The van der Waals surface area contributed by atoms with Gasteiger partial charge in [0.2, 0.25) is 0 Å². The highest BCUT2D eigenvalue weighted by atomic mass is 19.4. The zero-order valence-corrected chi connectivity index (χ0v) is 10.3. The summed E-state index contributed by atoms with van der Waals surface area (Å²) in [5.41, 5.74) is 0. The molecular weight excluding hydrogens is 271 g/mol. The SMILES string of the molecule is CC(C)OC(=O)[C@H](CCC(=O)O)NC(=O)C(F)(F)F. The van der Waals surface area contributed by atoms with E-state index in [0.29, 0.717) is 0 Å². The van der Waals surface area contributed by atoms with Crippen LogP contribution in [0.4, 0.5) is 13.2 Å². The van der Waals surface area contributed by atoms with Gasteiger partial charge in [-0.15, -0.1) is 0 Å². The van der Waals surface area contributed by atoms with E-state index >= 15 is 0 Å². The van der Waals surface area contributed by atoms with Crippen molar-refractivity contribution in [2.75, 3.05) is 0 Å². The van der Waals surface area contributed by atoms with Gasteiger partial charge >= 0.3 is 24.0 Å². The molecule has 1 atom stereocenters. The van der Waals surface area contributed by atoms with Crippen LogP contribution in [0.5, 0.6) is 0 Å². The Morgan fingerprint density at radius 1 is 1.26 bits per heavy atom. The summed E-state index contributed by atoms with van der Waals surface area (Å²) < 4.78 is 40.8. The van der Waals surface area contributed by atoms with Crippen molar-refractivity contribution in [1.82, 2.24) is 5.32 Å². The zero-order valence-electron chi connectivity index (χ0n) is 10.3. The summed E-state index contributed by atoms with van der Waals surface area (Å²) in [7, 11) is 0. The molecule has 0 spiro atoms. The smallest absolute Gasteiger partial charge is 0.471 e. The summed E-state index contributed by atoms with van der Waals surface area (Å²) in [5.74, 6) is -4.72. The lowest BCUT2D eigenvalue weighted by Gasteiger charge is -2.19. The molecule has 0 rings (SSSR count). The van der Waals surface area contributed by atoms with Crippen LogP contribution in [-0.4, -0.2) is 41.3 Å². The van der Waals surface area contributed by atoms with Crippen LogP contribution >= 0.6 is 0 Å². The number of carboxylic acids is 1. The van der Waals surface area contributed by atoms with Crippen LogP contribution in [0.2, 0.25) is 0 Å². The van der Waals surface area contributed by atoms with E-state index < -0.39 is 49.0 Å². The molecule has 0 radical (unpaired) electrons. The second kappa shape index (κ2) is 6.95. The van der Waals surface area contributed by atoms with E-state index in [4.69, 9.17) is 5.11 Å². The second-order valence-electron chi connectivity index (χ2n) is 3.94. The molecule has 0 heterocycles. The van der Waals surface area contributed by atoms with E-state index in [1.165, 1.54) is 19.2 Å². The van der Waals surface area contributed by atoms with Gasteiger partial charge in [0.15, 0.2) is 0 Å². The van der Waals surface area contributed by atoms with Crippen molar-refractivity contribution in [1.29, 1.82) is 0 Å². The van der Waals surface area contributed by atoms with Crippen LogP contribution in [0.1, 0.15) is 26.7 Å². The number of rotatable bonds is 6. The highest BCUT2D eigenvalue weighted by Gasteiger charge is 2.41. The number of nitrogens with one attached hydrogen (secondary N) is 1. The Kier molecular flexibility index (Phi) is 6.30. The van der Waals surface area contributed by atoms with Gasteiger partial charge in [-0.3, -0.25) is 9.59 Å². The summed E-state index contributed by atoms with van der Waals surface area (Å²) in [6.45, 7) is 2.94. The molecule has 0 fully saturated rings. The maximum atomic E-state index is 12.1. The number of hydrogen-bond acceptors (Lipinski definition) is 4. The zero-order chi connectivity index (χ0) is 15.2. The van der Waals surface area contributed by atoms with Gasteiger partial charge in [0, 0.05) is 6.42 Å². The molecule has 0 bridgehead atoms. The highest BCUT2D eigenvalue weighted by Crippen LogP contribution is 2.15. The van der Waals surface area contributed by atoms with Gasteiger partial charge in [0.1, 0.15) is 6.04 Å². The Morgan fingerprint density at radius 3 is 2.16 bits per heavy atom. The molecule has 1 amide bonds. The first-order valence-corrected chi connectivity index (χ1v) is 5.34. The number of hydrogen-bond donors (Lipinski definition) is 2. The van der Waals surface area contributed by atoms with Crippen LogP contribution in [0.25, 0.3) is 0 Å². The molecule has 6 nitrogen and oxygen atoms in total. The Labute approximate surface area is 106 Å². The molecule has 0 aliphatic carbocycles. The Morgan fingerprint density at radius 2 is 1.79 bits per heavy atom. The summed E-state index contributed by atoms with van der Waals surface area (Å²) in [4.78, 5) is 32.5. The predicted molar refractivity (Wildman–Crippen MR) is 56.1 cm³/mol. The minimum absolute atomic E-state index is 0.483. The lowest BCUT2D eigenvalue weighted by atomic mass is 10.1. The van der Waals surface area contributed by atoms with E-state index in [1.807, 2.05) is 0 Å². The third-order valence-electron chi connectivity index (χ3n) is 1.85. The first-order chi connectivity index (χ1) is 8.54. The molecule has 0 saturated heterocycles. The van der Waals surface area contributed by atoms with Gasteiger partial charge in [-0.25, -0.2) is 4.79 Å². The molecular formula is C10H14F3NO5. The summed E-state index contributed by atoms with van der Waals surface area (Å²) >= 11 is 0. The predicted octanol–water partition coefficient (Wildman–Crippen LogP) is 0.850. The number of esters is 1. The van der Waals surface area contributed by atoms with Crippen molar-refractivity contribution < 1.29 is 37.4 Å². The average molecular weight is 285 g/mol. The van der Waals surface area contributed by atoms with Crippen molar-refractivity contribution in [3.05, 3.63) is 0 Å². The summed E-state index contributed by atoms with van der Waals surface area (Å²) in [6, 6.07) is -1.65. The fourth-order valence-electron chi connectivity index (χ4n) is 1.07. The average Bonchev–Trinajstić information content (AvgIpc) is 2.20. The molecule has 110 valence electrons. The van der Waals surface area contributed by atoms with Crippen molar-refractivity contribution in [3.63, 3.8) is 0 Å². The minimum Gasteiger partial charge on any atom is -0.481 e. The number of carbonyl (C=O) groups is 3. The second-order valence-corrected chi connectivity index (χ2v) is 3.94. The molecule has 19 heavy (non-hydrogen) atoms. The van der Waals surface area contributed by atoms with E-state index in [1.54, 1.807) is 0 Å². The largest absolute Gasteiger partial charge is 0.481 e. The molecule has 2 N–H and O–H groups in total. The third kappa shape index (κ3) is 7.27. The Balaban J connectivity index is 4.71. The molecule has 0 aromatic rings. The number of alkyl halides is 3. The monoisotopic (exact) mass is 285 g/mol. The van der Waals surface area contributed by atoms with Crippen LogP contribution in [0, 0.1) is 0 Å². The lowest BCUT2D eigenvalue weighted by molar-refractivity contribution is -0.176. The normalized spacial score (nSPS) is 12.9. The van der Waals surface area contributed by atoms with E-state index in [-0.39, 0.29) is 0 Å². The Hall–Kier alpha value is -1.80. The number of carboxylic acid groups (broad SMARTS) is 1. The number of aliphatic carboxylic acids is 1.